The van der Waals surface area contributed by atoms with E-state index in [2.05, 4.69) is 5.32 Å². The van der Waals surface area contributed by atoms with Crippen molar-refractivity contribution >= 4 is 29.2 Å². The number of carbonyl (C=O) groups is 2. The van der Waals surface area contributed by atoms with Crippen LogP contribution in [0, 0.1) is 11.8 Å². The lowest BCUT2D eigenvalue weighted by atomic mass is 10.0. The van der Waals surface area contributed by atoms with E-state index in [1.54, 1.807) is 18.2 Å². The highest BCUT2D eigenvalue weighted by atomic mass is 35.5. The summed E-state index contributed by atoms with van der Waals surface area (Å²) in [5.74, 6) is -1.20. The number of halogens is 1. The number of methoxy groups -OCH3 is 1. The zero-order valence-corrected chi connectivity index (χ0v) is 11.8. The molecule has 0 saturated heterocycles. The van der Waals surface area contributed by atoms with Crippen LogP contribution in [-0.4, -0.2) is 24.1 Å². The van der Waals surface area contributed by atoms with Crippen molar-refractivity contribution in [2.75, 3.05) is 12.4 Å². The van der Waals surface area contributed by atoms with Crippen molar-refractivity contribution in [2.24, 2.45) is 11.8 Å². The Morgan fingerprint density at radius 2 is 2.05 bits per heavy atom. The average Bonchev–Trinajstić information content (AvgIpc) is 2.89. The lowest BCUT2D eigenvalue weighted by Crippen LogP contribution is -2.22. The third-order valence-corrected chi connectivity index (χ3v) is 3.81. The predicted octanol–water partition coefficient (Wildman–Crippen LogP) is 2.79. The van der Waals surface area contributed by atoms with Gasteiger partial charge in [-0.1, -0.05) is 11.6 Å². The van der Waals surface area contributed by atoms with Gasteiger partial charge in [-0.15, -0.1) is 0 Å². The number of carboxylic acids is 1. The number of carbonyl (C=O) groups excluding carboxylic acids is 1. The van der Waals surface area contributed by atoms with Crippen LogP contribution in [0.15, 0.2) is 18.2 Å². The molecule has 0 heterocycles. The van der Waals surface area contributed by atoms with Gasteiger partial charge in [0.25, 0.3) is 0 Å². The Morgan fingerprint density at radius 3 is 2.65 bits per heavy atom. The van der Waals surface area contributed by atoms with E-state index in [4.69, 9.17) is 21.4 Å². The molecule has 0 bridgehead atoms. The highest BCUT2D eigenvalue weighted by molar-refractivity contribution is 6.31. The number of rotatable bonds is 4. The van der Waals surface area contributed by atoms with E-state index in [1.807, 2.05) is 0 Å². The second kappa shape index (κ2) is 6.13. The van der Waals surface area contributed by atoms with Crippen molar-refractivity contribution in [1.29, 1.82) is 0 Å². The molecule has 2 unspecified atom stereocenters. The molecule has 1 aromatic carbocycles. The molecule has 1 saturated carbocycles. The van der Waals surface area contributed by atoms with E-state index in [1.165, 1.54) is 7.11 Å². The number of hydrogen-bond acceptors (Lipinski definition) is 3. The lowest BCUT2D eigenvalue weighted by molar-refractivity contribution is -0.141. The minimum atomic E-state index is -0.833. The summed E-state index contributed by atoms with van der Waals surface area (Å²) in [6, 6.07) is 4.96. The number of carboxylic acid groups (broad SMARTS) is 1. The second-order valence-corrected chi connectivity index (χ2v) is 5.32. The first-order valence-electron chi connectivity index (χ1n) is 6.38. The fraction of sp³-hybridized carbons (Fsp3) is 0.429. The van der Waals surface area contributed by atoms with Gasteiger partial charge in [0.15, 0.2) is 0 Å². The SMILES string of the molecule is COc1ccc(Cl)cc1NC(=O)C1CCC(C(=O)O)C1. The second-order valence-electron chi connectivity index (χ2n) is 4.88. The minimum absolute atomic E-state index is 0.186. The molecule has 2 atom stereocenters. The maximum absolute atomic E-state index is 12.2. The summed E-state index contributed by atoms with van der Waals surface area (Å²) in [6.45, 7) is 0. The highest BCUT2D eigenvalue weighted by Gasteiger charge is 2.34. The van der Waals surface area contributed by atoms with E-state index in [-0.39, 0.29) is 11.8 Å². The highest BCUT2D eigenvalue weighted by Crippen LogP contribution is 2.33. The smallest absolute Gasteiger partial charge is 0.306 e. The molecule has 0 aliphatic heterocycles. The molecular weight excluding hydrogens is 282 g/mol. The van der Waals surface area contributed by atoms with E-state index in [0.29, 0.717) is 35.7 Å². The maximum Gasteiger partial charge on any atom is 0.306 e. The summed E-state index contributed by atoms with van der Waals surface area (Å²) in [4.78, 5) is 23.1. The van der Waals surface area contributed by atoms with Gasteiger partial charge >= 0.3 is 5.97 Å². The van der Waals surface area contributed by atoms with Gasteiger partial charge in [0.1, 0.15) is 5.75 Å². The number of benzene rings is 1. The van der Waals surface area contributed by atoms with Gasteiger partial charge in [-0.2, -0.15) is 0 Å². The number of ether oxygens (including phenoxy) is 1. The number of aliphatic carboxylic acids is 1. The summed E-state index contributed by atoms with van der Waals surface area (Å²) in [5, 5.41) is 12.2. The molecule has 1 aliphatic rings. The summed E-state index contributed by atoms with van der Waals surface area (Å²) in [6.07, 6.45) is 1.51. The standard InChI is InChI=1S/C14H16ClNO4/c1-20-12-5-4-10(15)7-11(12)16-13(17)8-2-3-9(6-8)14(18)19/h4-5,7-9H,2-3,6H2,1H3,(H,16,17)(H,18,19). The molecule has 0 aromatic heterocycles. The van der Waals surface area contributed by atoms with Crippen molar-refractivity contribution in [3.63, 3.8) is 0 Å². The molecule has 108 valence electrons. The van der Waals surface area contributed by atoms with Crippen LogP contribution >= 0.6 is 11.6 Å². The molecule has 1 fully saturated rings. The van der Waals surface area contributed by atoms with Crippen LogP contribution in [0.4, 0.5) is 5.69 Å². The van der Waals surface area contributed by atoms with Crippen LogP contribution in [0.3, 0.4) is 0 Å². The van der Waals surface area contributed by atoms with Gasteiger partial charge in [0.05, 0.1) is 18.7 Å². The van der Waals surface area contributed by atoms with E-state index >= 15 is 0 Å². The zero-order chi connectivity index (χ0) is 14.7. The van der Waals surface area contributed by atoms with E-state index in [0.717, 1.165) is 0 Å². The molecule has 1 aromatic rings. The molecule has 2 rings (SSSR count). The Labute approximate surface area is 121 Å². The van der Waals surface area contributed by atoms with E-state index < -0.39 is 11.9 Å². The van der Waals surface area contributed by atoms with Crippen molar-refractivity contribution in [3.8, 4) is 5.75 Å². The van der Waals surface area contributed by atoms with Crippen LogP contribution in [0.5, 0.6) is 5.75 Å². The van der Waals surface area contributed by atoms with E-state index in [9.17, 15) is 9.59 Å². The molecule has 0 radical (unpaired) electrons. The summed E-state index contributed by atoms with van der Waals surface area (Å²) in [7, 11) is 1.51. The Balaban J connectivity index is 2.05. The monoisotopic (exact) mass is 297 g/mol. The van der Waals surface area contributed by atoms with Gasteiger partial charge < -0.3 is 15.2 Å². The Morgan fingerprint density at radius 1 is 1.35 bits per heavy atom. The third-order valence-electron chi connectivity index (χ3n) is 3.57. The minimum Gasteiger partial charge on any atom is -0.495 e. The fourth-order valence-corrected chi connectivity index (χ4v) is 2.63. The number of hydrogen-bond donors (Lipinski definition) is 2. The zero-order valence-electron chi connectivity index (χ0n) is 11.1. The number of nitrogens with one attached hydrogen (secondary N) is 1. The predicted molar refractivity (Wildman–Crippen MR) is 75.1 cm³/mol. The first-order chi connectivity index (χ1) is 9.51. The van der Waals surface area contributed by atoms with Crippen LogP contribution < -0.4 is 10.1 Å². The fourth-order valence-electron chi connectivity index (χ4n) is 2.46. The van der Waals surface area contributed by atoms with Crippen molar-refractivity contribution < 1.29 is 19.4 Å². The molecule has 5 nitrogen and oxygen atoms in total. The van der Waals surface area contributed by atoms with Gasteiger partial charge in [-0.05, 0) is 37.5 Å². The Hall–Kier alpha value is -1.75. The summed E-state index contributed by atoms with van der Waals surface area (Å²) < 4.78 is 5.16. The molecule has 1 aliphatic carbocycles. The van der Waals surface area contributed by atoms with Crippen LogP contribution in [-0.2, 0) is 9.59 Å². The molecule has 2 N–H and O–H groups in total. The Bertz CT molecular complexity index is 532. The van der Waals surface area contributed by atoms with Crippen molar-refractivity contribution in [2.45, 2.75) is 19.3 Å². The van der Waals surface area contributed by atoms with Gasteiger partial charge in [-0.3, -0.25) is 9.59 Å². The number of anilines is 1. The van der Waals surface area contributed by atoms with Crippen molar-refractivity contribution in [3.05, 3.63) is 23.2 Å². The quantitative estimate of drug-likeness (QED) is 0.896. The van der Waals surface area contributed by atoms with Gasteiger partial charge in [0.2, 0.25) is 5.91 Å². The van der Waals surface area contributed by atoms with Crippen LogP contribution in [0.25, 0.3) is 0 Å². The topological polar surface area (TPSA) is 75.6 Å². The first kappa shape index (κ1) is 14.7. The molecule has 6 heteroatoms. The summed E-state index contributed by atoms with van der Waals surface area (Å²) >= 11 is 5.90. The average molecular weight is 298 g/mol. The largest absolute Gasteiger partial charge is 0.495 e. The van der Waals surface area contributed by atoms with Crippen LogP contribution in [0.2, 0.25) is 5.02 Å². The lowest BCUT2D eigenvalue weighted by Gasteiger charge is -2.13. The third kappa shape index (κ3) is 3.22. The Kier molecular flexibility index (Phi) is 4.49. The van der Waals surface area contributed by atoms with Crippen molar-refractivity contribution in [1.82, 2.24) is 0 Å². The first-order valence-corrected chi connectivity index (χ1v) is 6.76. The van der Waals surface area contributed by atoms with Gasteiger partial charge in [-0.25, -0.2) is 0 Å². The van der Waals surface area contributed by atoms with Crippen LogP contribution in [0.1, 0.15) is 19.3 Å². The molecule has 0 spiro atoms. The normalized spacial score (nSPS) is 21.5. The molecular formula is C14H16ClNO4. The van der Waals surface area contributed by atoms with Gasteiger partial charge in [0, 0.05) is 10.9 Å². The molecule has 20 heavy (non-hydrogen) atoms. The molecule has 1 amide bonds. The number of amides is 1. The maximum atomic E-state index is 12.2. The summed E-state index contributed by atoms with van der Waals surface area (Å²) in [5.41, 5.74) is 0.503.